The summed E-state index contributed by atoms with van der Waals surface area (Å²) in [5, 5.41) is 0.719. The van der Waals surface area contributed by atoms with Gasteiger partial charge in [0, 0.05) is 36.9 Å². The van der Waals surface area contributed by atoms with Gasteiger partial charge in [-0.2, -0.15) is 0 Å². The number of hydrogen-bond acceptors (Lipinski definition) is 5. The van der Waals surface area contributed by atoms with Crippen molar-refractivity contribution in [3.8, 4) is 5.75 Å². The third kappa shape index (κ3) is 3.70. The highest BCUT2D eigenvalue weighted by molar-refractivity contribution is 6.30. The molecule has 0 radical (unpaired) electrons. The lowest BCUT2D eigenvalue weighted by molar-refractivity contribution is -0.123. The highest BCUT2D eigenvalue weighted by atomic mass is 35.5. The molecule has 29 heavy (non-hydrogen) atoms. The zero-order valence-electron chi connectivity index (χ0n) is 16.6. The minimum absolute atomic E-state index is 0.174. The van der Waals surface area contributed by atoms with Crippen LogP contribution in [0.5, 0.6) is 5.75 Å². The number of halogens is 1. The molecule has 0 aromatic heterocycles. The quantitative estimate of drug-likeness (QED) is 0.721. The van der Waals surface area contributed by atoms with E-state index < -0.39 is 6.04 Å². The minimum Gasteiger partial charge on any atom is -0.495 e. The molecule has 0 N–H and O–H groups in total. The van der Waals surface area contributed by atoms with Gasteiger partial charge in [-0.15, -0.1) is 0 Å². The zero-order valence-corrected chi connectivity index (χ0v) is 17.4. The molecule has 0 aliphatic carbocycles. The van der Waals surface area contributed by atoms with Crippen LogP contribution >= 0.6 is 11.6 Å². The molecule has 2 heterocycles. The molecule has 4 rings (SSSR count). The van der Waals surface area contributed by atoms with Crippen molar-refractivity contribution < 1.29 is 14.3 Å². The highest BCUT2D eigenvalue weighted by Crippen LogP contribution is 2.33. The lowest BCUT2D eigenvalue weighted by Crippen LogP contribution is -2.52. The van der Waals surface area contributed by atoms with Gasteiger partial charge in [0.15, 0.2) is 0 Å². The van der Waals surface area contributed by atoms with Gasteiger partial charge >= 0.3 is 0 Å². The molecule has 0 saturated carbocycles. The maximum absolute atomic E-state index is 13.1. The van der Waals surface area contributed by atoms with Gasteiger partial charge in [-0.05, 0) is 36.8 Å². The monoisotopic (exact) mass is 413 g/mol. The SMILES string of the molecule is COc1ccccc1N1C(=O)C[C@@H](N2CCN(c3cc(Cl)ccc3C)CC2)C1=O. The number of hydrogen-bond donors (Lipinski definition) is 0. The number of aryl methyl sites for hydroxylation is 1. The van der Waals surface area contributed by atoms with Crippen molar-refractivity contribution in [3.05, 3.63) is 53.1 Å². The van der Waals surface area contributed by atoms with Crippen LogP contribution in [-0.2, 0) is 9.59 Å². The van der Waals surface area contributed by atoms with Crippen LogP contribution in [0.15, 0.2) is 42.5 Å². The van der Waals surface area contributed by atoms with Crippen molar-refractivity contribution in [1.29, 1.82) is 0 Å². The van der Waals surface area contributed by atoms with Gasteiger partial charge in [0.05, 0.1) is 25.3 Å². The summed E-state index contributed by atoms with van der Waals surface area (Å²) in [5.41, 5.74) is 2.82. The fourth-order valence-corrected chi connectivity index (χ4v) is 4.33. The normalized spacial score (nSPS) is 20.4. The molecule has 2 amide bonds. The smallest absolute Gasteiger partial charge is 0.251 e. The predicted molar refractivity (Wildman–Crippen MR) is 114 cm³/mol. The van der Waals surface area contributed by atoms with Crippen LogP contribution in [0, 0.1) is 6.92 Å². The van der Waals surface area contributed by atoms with Gasteiger partial charge in [0.1, 0.15) is 5.75 Å². The van der Waals surface area contributed by atoms with Crippen LogP contribution in [0.25, 0.3) is 0 Å². The first-order valence-electron chi connectivity index (χ1n) is 9.74. The van der Waals surface area contributed by atoms with Crippen LogP contribution in [0.2, 0.25) is 5.02 Å². The fourth-order valence-electron chi connectivity index (χ4n) is 4.17. The third-order valence-electron chi connectivity index (χ3n) is 5.72. The lowest BCUT2D eigenvalue weighted by Gasteiger charge is -2.38. The topological polar surface area (TPSA) is 53.1 Å². The maximum atomic E-state index is 13.1. The van der Waals surface area contributed by atoms with E-state index >= 15 is 0 Å². The van der Waals surface area contributed by atoms with Gasteiger partial charge in [-0.3, -0.25) is 14.5 Å². The molecule has 7 heteroatoms. The molecule has 2 aromatic carbocycles. The summed E-state index contributed by atoms with van der Waals surface area (Å²) in [5.74, 6) is 0.167. The standard InChI is InChI=1S/C22H24ClN3O3/c1-15-7-8-16(23)13-18(15)24-9-11-25(12-10-24)19-14-21(27)26(22(19)28)17-5-3-4-6-20(17)29-2/h3-8,13,19H,9-12,14H2,1-2H3/t19-/m1/s1. The number of anilines is 2. The van der Waals surface area contributed by atoms with E-state index in [2.05, 4.69) is 16.7 Å². The molecule has 2 fully saturated rings. The molecule has 6 nitrogen and oxygen atoms in total. The van der Waals surface area contributed by atoms with E-state index in [1.807, 2.05) is 24.3 Å². The van der Waals surface area contributed by atoms with Crippen molar-refractivity contribution in [2.24, 2.45) is 0 Å². The Labute approximate surface area is 175 Å². The Bertz CT molecular complexity index is 941. The molecule has 152 valence electrons. The van der Waals surface area contributed by atoms with Crippen LogP contribution < -0.4 is 14.5 Å². The molecule has 2 aliphatic heterocycles. The number of imide groups is 1. The van der Waals surface area contributed by atoms with Crippen LogP contribution in [0.4, 0.5) is 11.4 Å². The number of rotatable bonds is 4. The number of ether oxygens (including phenoxy) is 1. The molecule has 2 aliphatic rings. The summed E-state index contributed by atoms with van der Waals surface area (Å²) in [6, 6.07) is 12.6. The van der Waals surface area contributed by atoms with E-state index in [-0.39, 0.29) is 18.2 Å². The van der Waals surface area contributed by atoms with E-state index in [1.54, 1.807) is 25.3 Å². The Hall–Kier alpha value is -2.57. The van der Waals surface area contributed by atoms with Crippen LogP contribution in [0.3, 0.4) is 0 Å². The third-order valence-corrected chi connectivity index (χ3v) is 5.95. The summed E-state index contributed by atoms with van der Waals surface area (Å²) in [6.45, 7) is 5.08. The van der Waals surface area contributed by atoms with Gasteiger partial charge in [-0.25, -0.2) is 4.90 Å². The number of methoxy groups -OCH3 is 1. The Morgan fingerprint density at radius 3 is 2.45 bits per heavy atom. The van der Waals surface area contributed by atoms with E-state index in [1.165, 1.54) is 10.5 Å². The Morgan fingerprint density at radius 1 is 1.00 bits per heavy atom. The summed E-state index contributed by atoms with van der Waals surface area (Å²) < 4.78 is 5.34. The van der Waals surface area contributed by atoms with Gasteiger partial charge < -0.3 is 9.64 Å². The van der Waals surface area contributed by atoms with Crippen LogP contribution in [0.1, 0.15) is 12.0 Å². The molecular weight excluding hydrogens is 390 g/mol. The number of nitrogens with zero attached hydrogens (tertiary/aromatic N) is 3. The van der Waals surface area contributed by atoms with Gasteiger partial charge in [0.2, 0.25) is 5.91 Å². The molecular formula is C22H24ClN3O3. The number of amides is 2. The predicted octanol–water partition coefficient (Wildman–Crippen LogP) is 3.11. The van der Waals surface area contributed by atoms with Crippen molar-refractivity contribution in [3.63, 3.8) is 0 Å². The van der Waals surface area contributed by atoms with Gasteiger partial charge in [0.25, 0.3) is 5.91 Å². The Morgan fingerprint density at radius 2 is 1.72 bits per heavy atom. The first-order chi connectivity index (χ1) is 14.0. The average Bonchev–Trinajstić information content (AvgIpc) is 3.03. The van der Waals surface area contributed by atoms with E-state index in [0.29, 0.717) is 11.4 Å². The summed E-state index contributed by atoms with van der Waals surface area (Å²) in [6.07, 6.45) is 0.201. The van der Waals surface area contributed by atoms with E-state index in [9.17, 15) is 9.59 Å². The minimum atomic E-state index is -0.421. The molecule has 0 unspecified atom stereocenters. The summed E-state index contributed by atoms with van der Waals surface area (Å²) in [7, 11) is 1.54. The van der Waals surface area contributed by atoms with Crippen molar-refractivity contribution in [2.75, 3.05) is 43.1 Å². The van der Waals surface area contributed by atoms with Crippen molar-refractivity contribution in [2.45, 2.75) is 19.4 Å². The van der Waals surface area contributed by atoms with Crippen molar-refractivity contribution >= 4 is 34.8 Å². The maximum Gasteiger partial charge on any atom is 0.251 e. The second kappa shape index (κ2) is 8.05. The van der Waals surface area contributed by atoms with Crippen molar-refractivity contribution in [1.82, 2.24) is 4.90 Å². The fraction of sp³-hybridized carbons (Fsp3) is 0.364. The second-order valence-electron chi connectivity index (χ2n) is 7.41. The van der Waals surface area contributed by atoms with Gasteiger partial charge in [-0.1, -0.05) is 29.8 Å². The van der Waals surface area contributed by atoms with E-state index in [0.717, 1.165) is 36.9 Å². The first kappa shape index (κ1) is 19.7. The summed E-state index contributed by atoms with van der Waals surface area (Å²) in [4.78, 5) is 31.5. The zero-order chi connectivity index (χ0) is 20.5. The van der Waals surface area contributed by atoms with Crippen LogP contribution in [-0.4, -0.2) is 56.0 Å². The first-order valence-corrected chi connectivity index (χ1v) is 10.1. The molecule has 2 saturated heterocycles. The number of para-hydroxylation sites is 2. The largest absolute Gasteiger partial charge is 0.495 e. The lowest BCUT2D eigenvalue weighted by atomic mass is 10.1. The Kier molecular flexibility index (Phi) is 5.48. The Balaban J connectivity index is 1.47. The molecule has 0 spiro atoms. The number of carbonyl (C=O) groups excluding carboxylic acids is 2. The number of benzene rings is 2. The number of piperazine rings is 1. The molecule has 0 bridgehead atoms. The molecule has 2 aromatic rings. The summed E-state index contributed by atoms with van der Waals surface area (Å²) >= 11 is 6.17. The highest BCUT2D eigenvalue weighted by Gasteiger charge is 2.44. The number of carbonyl (C=O) groups is 2. The van der Waals surface area contributed by atoms with E-state index in [4.69, 9.17) is 16.3 Å². The average molecular weight is 414 g/mol. The molecule has 1 atom stereocenters. The second-order valence-corrected chi connectivity index (χ2v) is 7.85.